The van der Waals surface area contributed by atoms with Gasteiger partial charge in [0.15, 0.2) is 0 Å². The molecule has 0 aliphatic carbocycles. The molecule has 0 heterocycles. The Morgan fingerprint density at radius 1 is 1.11 bits per heavy atom. The number of hydrogen-bond acceptors (Lipinski definition) is 4. The van der Waals surface area contributed by atoms with E-state index in [1.807, 2.05) is 13.8 Å². The van der Waals surface area contributed by atoms with Crippen molar-refractivity contribution in [3.63, 3.8) is 0 Å². The smallest absolute Gasteiger partial charge is 0.265 e. The Bertz CT molecular complexity index is 924. The first-order valence-electron chi connectivity index (χ1n) is 8.92. The van der Waals surface area contributed by atoms with Gasteiger partial charge in [0.05, 0.1) is 17.9 Å². The Morgan fingerprint density at radius 2 is 1.78 bits per heavy atom. The molecular weight excluding hydrogens is 364 g/mol. The molecule has 2 rings (SSSR count). The van der Waals surface area contributed by atoms with E-state index in [4.69, 9.17) is 10.5 Å². The summed E-state index contributed by atoms with van der Waals surface area (Å²) in [5.41, 5.74) is 7.36. The average Bonchev–Trinajstić information content (AvgIpc) is 2.61. The molecule has 0 saturated carbocycles. The number of carbonyl (C=O) groups excluding carboxylic acids is 1. The Balaban J connectivity index is 2.40. The molecule has 146 valence electrons. The molecule has 0 atom stereocenters. The van der Waals surface area contributed by atoms with Crippen molar-refractivity contribution >= 4 is 21.6 Å². The van der Waals surface area contributed by atoms with Crippen molar-refractivity contribution in [3.8, 4) is 5.75 Å². The molecule has 0 unspecified atom stereocenters. The molecule has 0 radical (unpaired) electrons. The number of nitrogens with two attached hydrogens (primary N) is 1. The molecule has 2 aromatic carbocycles. The van der Waals surface area contributed by atoms with Crippen molar-refractivity contribution in [2.24, 2.45) is 5.73 Å². The van der Waals surface area contributed by atoms with E-state index >= 15 is 0 Å². The summed E-state index contributed by atoms with van der Waals surface area (Å²) < 4.78 is 34.2. The molecule has 0 aromatic heterocycles. The first kappa shape index (κ1) is 20.8. The van der Waals surface area contributed by atoms with Crippen molar-refractivity contribution in [1.82, 2.24) is 0 Å². The zero-order chi connectivity index (χ0) is 20.0. The van der Waals surface area contributed by atoms with Gasteiger partial charge in [-0.15, -0.1) is 0 Å². The normalized spacial score (nSPS) is 11.2. The fraction of sp³-hybridized carbons (Fsp3) is 0.350. The van der Waals surface area contributed by atoms with Crippen LogP contribution >= 0.6 is 0 Å². The molecule has 1 amide bonds. The number of anilines is 1. The highest BCUT2D eigenvalue weighted by atomic mass is 32.2. The average molecular weight is 391 g/mol. The van der Waals surface area contributed by atoms with Crippen LogP contribution in [0.3, 0.4) is 0 Å². The predicted molar refractivity (Wildman–Crippen MR) is 107 cm³/mol. The van der Waals surface area contributed by atoms with Crippen molar-refractivity contribution in [2.45, 2.75) is 44.9 Å². The Morgan fingerprint density at radius 3 is 2.44 bits per heavy atom. The summed E-state index contributed by atoms with van der Waals surface area (Å²) in [6, 6.07) is 9.54. The molecule has 7 heteroatoms. The fourth-order valence-corrected chi connectivity index (χ4v) is 3.90. The van der Waals surface area contributed by atoms with Crippen LogP contribution in [0.4, 0.5) is 5.69 Å². The number of rotatable bonds is 9. The van der Waals surface area contributed by atoms with E-state index in [1.165, 1.54) is 12.1 Å². The van der Waals surface area contributed by atoms with E-state index in [0.29, 0.717) is 12.4 Å². The first-order chi connectivity index (χ1) is 12.8. The molecule has 0 aliphatic heterocycles. The maximum absolute atomic E-state index is 13.0. The maximum atomic E-state index is 13.0. The van der Waals surface area contributed by atoms with E-state index in [1.54, 1.807) is 24.3 Å². The summed E-state index contributed by atoms with van der Waals surface area (Å²) in [7, 11) is -3.96. The summed E-state index contributed by atoms with van der Waals surface area (Å²) in [6.45, 7) is 6.27. The molecular formula is C20H26N2O4S. The first-order valence-corrected chi connectivity index (χ1v) is 10.4. The number of primary amides is 1. The minimum absolute atomic E-state index is 0.0429. The number of carbonyl (C=O) groups is 1. The minimum Gasteiger partial charge on any atom is -0.492 e. The number of amides is 1. The van der Waals surface area contributed by atoms with E-state index in [0.717, 1.165) is 30.4 Å². The van der Waals surface area contributed by atoms with Crippen LogP contribution in [0, 0.1) is 13.8 Å². The lowest BCUT2D eigenvalue weighted by Crippen LogP contribution is -2.19. The highest BCUT2D eigenvalue weighted by molar-refractivity contribution is 7.92. The van der Waals surface area contributed by atoms with Crippen molar-refractivity contribution in [2.75, 3.05) is 11.3 Å². The zero-order valence-corrected chi connectivity index (χ0v) is 16.7. The van der Waals surface area contributed by atoms with Gasteiger partial charge in [-0.3, -0.25) is 9.52 Å². The van der Waals surface area contributed by atoms with Crippen LogP contribution < -0.4 is 15.2 Å². The number of para-hydroxylation sites is 1. The van der Waals surface area contributed by atoms with E-state index in [2.05, 4.69) is 11.6 Å². The van der Waals surface area contributed by atoms with Crippen LogP contribution in [0.2, 0.25) is 0 Å². The second-order valence-electron chi connectivity index (χ2n) is 6.45. The highest BCUT2D eigenvalue weighted by Crippen LogP contribution is 2.30. The van der Waals surface area contributed by atoms with Gasteiger partial charge < -0.3 is 10.5 Å². The van der Waals surface area contributed by atoms with Gasteiger partial charge in [-0.05, 0) is 55.7 Å². The van der Waals surface area contributed by atoms with Crippen molar-refractivity contribution < 1.29 is 17.9 Å². The van der Waals surface area contributed by atoms with Gasteiger partial charge in [0.1, 0.15) is 10.6 Å². The number of unbranched alkanes of at least 4 members (excludes halogenated alkanes) is 2. The SMILES string of the molecule is CCCCCOc1cc(C)c(C)cc1S(=O)(=O)Nc1ccccc1C(N)=O. The lowest BCUT2D eigenvalue weighted by atomic mass is 10.1. The number of ether oxygens (including phenoxy) is 1. The summed E-state index contributed by atoms with van der Waals surface area (Å²) in [5, 5.41) is 0. The Kier molecular flexibility index (Phi) is 6.85. The number of nitrogens with one attached hydrogen (secondary N) is 1. The van der Waals surface area contributed by atoms with Crippen LogP contribution in [0.5, 0.6) is 5.75 Å². The lowest BCUT2D eigenvalue weighted by molar-refractivity contribution is 0.100. The quantitative estimate of drug-likeness (QED) is 0.637. The van der Waals surface area contributed by atoms with E-state index < -0.39 is 15.9 Å². The molecule has 27 heavy (non-hydrogen) atoms. The standard InChI is InChI=1S/C20H26N2O4S/c1-4-5-8-11-26-18-12-14(2)15(3)13-19(18)27(24,25)22-17-10-7-6-9-16(17)20(21)23/h6-7,9-10,12-13,22H,4-5,8,11H2,1-3H3,(H2,21,23). The maximum Gasteiger partial charge on any atom is 0.265 e. The van der Waals surface area contributed by atoms with Crippen LogP contribution in [-0.4, -0.2) is 20.9 Å². The molecule has 0 spiro atoms. The topological polar surface area (TPSA) is 98.5 Å². The highest BCUT2D eigenvalue weighted by Gasteiger charge is 2.23. The monoisotopic (exact) mass is 390 g/mol. The van der Waals surface area contributed by atoms with Gasteiger partial charge >= 0.3 is 0 Å². The Hall–Kier alpha value is -2.54. The molecule has 6 nitrogen and oxygen atoms in total. The molecule has 3 N–H and O–H groups in total. The second kappa shape index (κ2) is 8.90. The van der Waals surface area contributed by atoms with Crippen LogP contribution in [0.1, 0.15) is 47.7 Å². The predicted octanol–water partition coefficient (Wildman–Crippen LogP) is 3.77. The van der Waals surface area contributed by atoms with Crippen molar-refractivity contribution in [3.05, 3.63) is 53.1 Å². The van der Waals surface area contributed by atoms with Crippen LogP contribution in [-0.2, 0) is 10.0 Å². The fourth-order valence-electron chi connectivity index (χ4n) is 2.61. The van der Waals surface area contributed by atoms with Gasteiger partial charge in [-0.1, -0.05) is 31.9 Å². The molecule has 2 aromatic rings. The number of hydrogen-bond donors (Lipinski definition) is 2. The van der Waals surface area contributed by atoms with Gasteiger partial charge in [-0.2, -0.15) is 0 Å². The van der Waals surface area contributed by atoms with Crippen LogP contribution in [0.15, 0.2) is 41.3 Å². The Labute approximate surface area is 160 Å². The summed E-state index contributed by atoms with van der Waals surface area (Å²) in [6.07, 6.45) is 2.91. The van der Waals surface area contributed by atoms with Gasteiger partial charge in [0.2, 0.25) is 0 Å². The third-order valence-corrected chi connectivity index (χ3v) is 5.68. The summed E-state index contributed by atoms with van der Waals surface area (Å²) >= 11 is 0. The second-order valence-corrected chi connectivity index (χ2v) is 8.10. The molecule has 0 saturated heterocycles. The zero-order valence-electron chi connectivity index (χ0n) is 15.9. The summed E-state index contributed by atoms with van der Waals surface area (Å²) in [4.78, 5) is 11.6. The summed E-state index contributed by atoms with van der Waals surface area (Å²) in [5.74, 6) is -0.400. The third kappa shape index (κ3) is 5.23. The molecule has 0 bridgehead atoms. The van der Waals surface area contributed by atoms with Gasteiger partial charge in [0.25, 0.3) is 15.9 Å². The van der Waals surface area contributed by atoms with Crippen molar-refractivity contribution in [1.29, 1.82) is 0 Å². The molecule has 0 aliphatic rings. The minimum atomic E-state index is -3.96. The van der Waals surface area contributed by atoms with E-state index in [-0.39, 0.29) is 16.1 Å². The number of benzene rings is 2. The largest absolute Gasteiger partial charge is 0.492 e. The lowest BCUT2D eigenvalue weighted by Gasteiger charge is -2.16. The number of sulfonamides is 1. The number of aryl methyl sites for hydroxylation is 2. The van der Waals surface area contributed by atoms with E-state index in [9.17, 15) is 13.2 Å². The van der Waals surface area contributed by atoms with Gasteiger partial charge in [0, 0.05) is 0 Å². The molecule has 0 fully saturated rings. The van der Waals surface area contributed by atoms with Gasteiger partial charge in [-0.25, -0.2) is 8.42 Å². The third-order valence-electron chi connectivity index (χ3n) is 4.29. The van der Waals surface area contributed by atoms with Crippen LogP contribution in [0.25, 0.3) is 0 Å².